The van der Waals surface area contributed by atoms with Gasteiger partial charge in [0, 0.05) is 11.3 Å². The Bertz CT molecular complexity index is 828. The average molecular weight is 311 g/mol. The van der Waals surface area contributed by atoms with Crippen LogP contribution in [0, 0.1) is 5.82 Å². The van der Waals surface area contributed by atoms with Gasteiger partial charge >= 0.3 is 0 Å². The maximum absolute atomic E-state index is 12.9. The number of aliphatic hydroxyl groups is 1. The van der Waals surface area contributed by atoms with Gasteiger partial charge in [-0.3, -0.25) is 9.89 Å². The van der Waals surface area contributed by atoms with E-state index in [1.54, 1.807) is 42.5 Å². The van der Waals surface area contributed by atoms with E-state index in [1.165, 1.54) is 12.1 Å². The number of hydrogen-bond acceptors (Lipinski definition) is 3. The zero-order valence-corrected chi connectivity index (χ0v) is 12.1. The summed E-state index contributed by atoms with van der Waals surface area (Å²) in [7, 11) is 0. The summed E-state index contributed by atoms with van der Waals surface area (Å²) in [5.41, 5.74) is 2.85. The summed E-state index contributed by atoms with van der Waals surface area (Å²) in [5, 5.41) is 18.6. The van der Waals surface area contributed by atoms with E-state index in [1.807, 2.05) is 0 Å². The van der Waals surface area contributed by atoms with Crippen LogP contribution in [-0.2, 0) is 6.61 Å². The molecule has 5 nitrogen and oxygen atoms in total. The Kier molecular flexibility index (Phi) is 4.16. The highest BCUT2D eigenvalue weighted by Gasteiger charge is 2.11. The van der Waals surface area contributed by atoms with E-state index in [2.05, 4.69) is 15.5 Å². The van der Waals surface area contributed by atoms with Crippen molar-refractivity contribution in [2.75, 3.05) is 5.32 Å². The molecule has 0 fully saturated rings. The molecule has 0 saturated carbocycles. The van der Waals surface area contributed by atoms with Gasteiger partial charge in [-0.25, -0.2) is 4.39 Å². The highest BCUT2D eigenvalue weighted by Crippen LogP contribution is 2.19. The van der Waals surface area contributed by atoms with Crippen molar-refractivity contribution in [1.82, 2.24) is 10.2 Å². The van der Waals surface area contributed by atoms with Gasteiger partial charge in [0.2, 0.25) is 0 Å². The molecule has 3 aromatic rings. The van der Waals surface area contributed by atoms with Crippen molar-refractivity contribution in [2.24, 2.45) is 0 Å². The summed E-state index contributed by atoms with van der Waals surface area (Å²) in [4.78, 5) is 12.2. The molecule has 0 radical (unpaired) electrons. The molecule has 0 aliphatic carbocycles. The zero-order chi connectivity index (χ0) is 16.2. The van der Waals surface area contributed by atoms with Crippen LogP contribution in [0.25, 0.3) is 11.3 Å². The third-order valence-corrected chi connectivity index (χ3v) is 3.33. The van der Waals surface area contributed by atoms with Crippen LogP contribution in [0.2, 0.25) is 0 Å². The number of carbonyl (C=O) groups is 1. The van der Waals surface area contributed by atoms with Crippen molar-refractivity contribution >= 4 is 11.6 Å². The van der Waals surface area contributed by atoms with Crippen molar-refractivity contribution in [1.29, 1.82) is 0 Å². The van der Waals surface area contributed by atoms with Crippen LogP contribution in [0.4, 0.5) is 10.1 Å². The largest absolute Gasteiger partial charge is 0.392 e. The fourth-order valence-corrected chi connectivity index (χ4v) is 2.15. The summed E-state index contributed by atoms with van der Waals surface area (Å²) in [6.07, 6.45) is 0. The molecule has 3 N–H and O–H groups in total. The standard InChI is InChI=1S/C17H14FN3O2/c18-13-6-4-12(5-7-13)15-9-16(21-20-15)17(23)19-14-3-1-2-11(8-14)10-22/h1-9,22H,10H2,(H,19,23)(H,20,21). The molecule has 3 rings (SSSR count). The summed E-state index contributed by atoms with van der Waals surface area (Å²) in [6, 6.07) is 14.4. The summed E-state index contributed by atoms with van der Waals surface area (Å²) < 4.78 is 12.9. The lowest BCUT2D eigenvalue weighted by molar-refractivity contribution is 0.102. The van der Waals surface area contributed by atoms with Crippen LogP contribution in [0.15, 0.2) is 54.6 Å². The Morgan fingerprint density at radius 2 is 1.96 bits per heavy atom. The molecule has 2 aromatic carbocycles. The Morgan fingerprint density at radius 1 is 1.17 bits per heavy atom. The van der Waals surface area contributed by atoms with E-state index in [9.17, 15) is 9.18 Å². The molecule has 6 heteroatoms. The van der Waals surface area contributed by atoms with Crippen LogP contribution < -0.4 is 5.32 Å². The number of nitrogens with one attached hydrogen (secondary N) is 2. The predicted octanol–water partition coefficient (Wildman–Crippen LogP) is 2.96. The van der Waals surface area contributed by atoms with Crippen LogP contribution >= 0.6 is 0 Å². The monoisotopic (exact) mass is 311 g/mol. The number of nitrogens with zero attached hydrogens (tertiary/aromatic N) is 1. The minimum absolute atomic E-state index is 0.0948. The third-order valence-electron chi connectivity index (χ3n) is 3.33. The molecule has 0 atom stereocenters. The number of aromatic amines is 1. The van der Waals surface area contributed by atoms with Gasteiger partial charge in [0.1, 0.15) is 11.5 Å². The van der Waals surface area contributed by atoms with Gasteiger partial charge in [-0.15, -0.1) is 0 Å². The molecule has 1 heterocycles. The molecule has 0 unspecified atom stereocenters. The Hall–Kier alpha value is -2.99. The Labute approximate surface area is 131 Å². The number of rotatable bonds is 4. The predicted molar refractivity (Wildman–Crippen MR) is 84.3 cm³/mol. The number of anilines is 1. The van der Waals surface area contributed by atoms with E-state index in [-0.39, 0.29) is 18.3 Å². The molecular formula is C17H14FN3O2. The number of halogens is 1. The van der Waals surface area contributed by atoms with Crippen molar-refractivity contribution in [2.45, 2.75) is 6.61 Å². The molecular weight excluding hydrogens is 297 g/mol. The van der Waals surface area contributed by atoms with E-state index in [0.717, 1.165) is 0 Å². The molecule has 0 bridgehead atoms. The van der Waals surface area contributed by atoms with Crippen molar-refractivity contribution in [3.05, 3.63) is 71.7 Å². The first-order valence-electron chi connectivity index (χ1n) is 6.98. The van der Waals surface area contributed by atoms with Crippen LogP contribution in [0.1, 0.15) is 16.1 Å². The Balaban J connectivity index is 1.76. The summed E-state index contributed by atoms with van der Waals surface area (Å²) in [6.45, 7) is -0.0948. The van der Waals surface area contributed by atoms with Crippen LogP contribution in [0.5, 0.6) is 0 Å². The zero-order valence-electron chi connectivity index (χ0n) is 12.1. The average Bonchev–Trinajstić information content (AvgIpc) is 3.06. The second kappa shape index (κ2) is 6.41. The molecule has 1 amide bonds. The molecule has 1 aromatic heterocycles. The molecule has 0 aliphatic heterocycles. The number of carbonyl (C=O) groups excluding carboxylic acids is 1. The Morgan fingerprint density at radius 3 is 2.70 bits per heavy atom. The van der Waals surface area contributed by atoms with Gasteiger partial charge in [-0.05, 0) is 48.0 Å². The van der Waals surface area contributed by atoms with Crippen molar-refractivity contribution in [3.63, 3.8) is 0 Å². The lowest BCUT2D eigenvalue weighted by atomic mass is 10.1. The van der Waals surface area contributed by atoms with Crippen LogP contribution in [-0.4, -0.2) is 21.2 Å². The van der Waals surface area contributed by atoms with Gasteiger partial charge in [-0.2, -0.15) is 5.10 Å². The smallest absolute Gasteiger partial charge is 0.273 e. The van der Waals surface area contributed by atoms with Crippen LogP contribution in [0.3, 0.4) is 0 Å². The SMILES string of the molecule is O=C(Nc1cccc(CO)c1)c1cc(-c2ccc(F)cc2)n[nH]1. The maximum atomic E-state index is 12.9. The minimum Gasteiger partial charge on any atom is -0.392 e. The molecule has 23 heavy (non-hydrogen) atoms. The highest BCUT2D eigenvalue weighted by molar-refractivity contribution is 6.03. The lowest BCUT2D eigenvalue weighted by Crippen LogP contribution is -2.12. The summed E-state index contributed by atoms with van der Waals surface area (Å²) >= 11 is 0. The first-order chi connectivity index (χ1) is 11.2. The fraction of sp³-hybridized carbons (Fsp3) is 0.0588. The summed E-state index contributed by atoms with van der Waals surface area (Å²) in [5.74, 6) is -0.674. The number of aromatic nitrogens is 2. The lowest BCUT2D eigenvalue weighted by Gasteiger charge is -2.04. The number of hydrogen-bond donors (Lipinski definition) is 3. The van der Waals surface area contributed by atoms with Gasteiger partial charge < -0.3 is 10.4 Å². The number of aliphatic hydroxyl groups excluding tert-OH is 1. The van der Waals surface area contributed by atoms with E-state index >= 15 is 0 Å². The molecule has 116 valence electrons. The normalized spacial score (nSPS) is 10.5. The second-order valence-electron chi connectivity index (χ2n) is 4.99. The number of benzene rings is 2. The topological polar surface area (TPSA) is 78.0 Å². The molecule has 0 saturated heterocycles. The van der Waals surface area contributed by atoms with E-state index < -0.39 is 0 Å². The minimum atomic E-state index is -0.346. The molecule has 0 aliphatic rings. The number of amides is 1. The van der Waals surface area contributed by atoms with Crippen molar-refractivity contribution < 1.29 is 14.3 Å². The maximum Gasteiger partial charge on any atom is 0.273 e. The van der Waals surface area contributed by atoms with Crippen molar-refractivity contribution in [3.8, 4) is 11.3 Å². The van der Waals surface area contributed by atoms with Gasteiger partial charge in [0.05, 0.1) is 12.3 Å². The van der Waals surface area contributed by atoms with Gasteiger partial charge in [-0.1, -0.05) is 12.1 Å². The van der Waals surface area contributed by atoms with E-state index in [0.29, 0.717) is 28.2 Å². The quantitative estimate of drug-likeness (QED) is 0.693. The first kappa shape index (κ1) is 14.9. The highest BCUT2D eigenvalue weighted by atomic mass is 19.1. The third kappa shape index (κ3) is 3.44. The first-order valence-corrected chi connectivity index (χ1v) is 6.98. The van der Waals surface area contributed by atoms with Gasteiger partial charge in [0.15, 0.2) is 0 Å². The molecule has 0 spiro atoms. The van der Waals surface area contributed by atoms with E-state index in [4.69, 9.17) is 5.11 Å². The fourth-order valence-electron chi connectivity index (χ4n) is 2.15. The second-order valence-corrected chi connectivity index (χ2v) is 4.99. The number of H-pyrrole nitrogens is 1. The van der Waals surface area contributed by atoms with Gasteiger partial charge in [0.25, 0.3) is 5.91 Å².